The molecule has 0 saturated carbocycles. The molecule has 0 amide bonds. The van der Waals surface area contributed by atoms with Gasteiger partial charge in [0.15, 0.2) is 0 Å². The van der Waals surface area contributed by atoms with Gasteiger partial charge in [0, 0.05) is 11.1 Å². The maximum Gasteiger partial charge on any atom is 0.244 e. The second-order valence-electron chi connectivity index (χ2n) is 5.48. The van der Waals surface area contributed by atoms with E-state index in [1.807, 2.05) is 32.0 Å². The predicted molar refractivity (Wildman–Crippen MR) is 92.7 cm³/mol. The molecule has 2 aromatic carbocycles. The lowest BCUT2D eigenvalue weighted by molar-refractivity contribution is 0.402. The Labute approximate surface area is 142 Å². The van der Waals surface area contributed by atoms with E-state index in [0.29, 0.717) is 5.02 Å². The average Bonchev–Trinajstić information content (AvgIpc) is 2.49. The maximum atomic E-state index is 12.6. The molecule has 0 aromatic heterocycles. The summed E-state index contributed by atoms with van der Waals surface area (Å²) in [6, 6.07) is 10.0. The van der Waals surface area contributed by atoms with E-state index in [-0.39, 0.29) is 16.7 Å². The van der Waals surface area contributed by atoms with Crippen molar-refractivity contribution in [1.82, 2.24) is 4.72 Å². The molecular formula is C17H20ClNO3S. The Morgan fingerprint density at radius 1 is 1.09 bits per heavy atom. The van der Waals surface area contributed by atoms with Crippen molar-refractivity contribution in [2.24, 2.45) is 0 Å². The molecule has 1 unspecified atom stereocenters. The summed E-state index contributed by atoms with van der Waals surface area (Å²) >= 11 is 5.92. The summed E-state index contributed by atoms with van der Waals surface area (Å²) < 4.78 is 33.1. The van der Waals surface area contributed by atoms with Crippen molar-refractivity contribution in [2.75, 3.05) is 7.11 Å². The van der Waals surface area contributed by atoms with Gasteiger partial charge in [-0.2, -0.15) is 0 Å². The van der Waals surface area contributed by atoms with Crippen LogP contribution in [0.25, 0.3) is 0 Å². The first-order chi connectivity index (χ1) is 10.7. The van der Waals surface area contributed by atoms with Gasteiger partial charge in [-0.15, -0.1) is 0 Å². The minimum Gasteiger partial charge on any atom is -0.495 e. The van der Waals surface area contributed by atoms with Crippen LogP contribution < -0.4 is 9.46 Å². The summed E-state index contributed by atoms with van der Waals surface area (Å²) in [4.78, 5) is 0.0307. The quantitative estimate of drug-likeness (QED) is 0.883. The topological polar surface area (TPSA) is 55.4 Å². The fraction of sp³-hybridized carbons (Fsp3) is 0.294. The van der Waals surface area contributed by atoms with Gasteiger partial charge in [-0.3, -0.25) is 0 Å². The standard InChI is InChI=1S/C17H20ClNO3S/c1-11-5-6-14(9-12(11)2)13(3)19-23(20,21)17-10-15(18)7-8-16(17)22-4/h5-10,13,19H,1-4H3. The van der Waals surface area contributed by atoms with E-state index in [4.69, 9.17) is 16.3 Å². The van der Waals surface area contributed by atoms with E-state index in [1.54, 1.807) is 13.0 Å². The zero-order chi connectivity index (χ0) is 17.2. The zero-order valence-electron chi connectivity index (χ0n) is 13.6. The summed E-state index contributed by atoms with van der Waals surface area (Å²) in [5, 5.41) is 0.338. The van der Waals surface area contributed by atoms with Gasteiger partial charge in [0.05, 0.1) is 7.11 Å². The van der Waals surface area contributed by atoms with Crippen LogP contribution in [0.15, 0.2) is 41.3 Å². The minimum absolute atomic E-state index is 0.0307. The van der Waals surface area contributed by atoms with Crippen LogP contribution in [0.3, 0.4) is 0 Å². The Bertz CT molecular complexity index is 819. The van der Waals surface area contributed by atoms with Crippen molar-refractivity contribution in [2.45, 2.75) is 31.7 Å². The molecule has 1 N–H and O–H groups in total. The molecule has 0 bridgehead atoms. The molecular weight excluding hydrogens is 334 g/mol. The lowest BCUT2D eigenvalue weighted by Crippen LogP contribution is -2.27. The third-order valence-electron chi connectivity index (χ3n) is 3.78. The number of nitrogens with one attached hydrogen (secondary N) is 1. The fourth-order valence-corrected chi connectivity index (χ4v) is 3.92. The number of sulfonamides is 1. The lowest BCUT2D eigenvalue weighted by Gasteiger charge is -2.17. The normalized spacial score (nSPS) is 12.9. The predicted octanol–water partition coefficient (Wildman–Crippen LogP) is 4.00. The van der Waals surface area contributed by atoms with Crippen molar-refractivity contribution >= 4 is 21.6 Å². The number of hydrogen-bond donors (Lipinski definition) is 1. The Morgan fingerprint density at radius 3 is 2.39 bits per heavy atom. The minimum atomic E-state index is -3.76. The summed E-state index contributed by atoms with van der Waals surface area (Å²) in [6.07, 6.45) is 0. The van der Waals surface area contributed by atoms with E-state index >= 15 is 0 Å². The van der Waals surface area contributed by atoms with E-state index in [2.05, 4.69) is 4.72 Å². The van der Waals surface area contributed by atoms with Crippen LogP contribution >= 0.6 is 11.6 Å². The van der Waals surface area contributed by atoms with E-state index in [0.717, 1.165) is 11.1 Å². The summed E-state index contributed by atoms with van der Waals surface area (Å²) in [5.74, 6) is 0.259. The number of methoxy groups -OCH3 is 1. The molecule has 0 aliphatic carbocycles. The fourth-order valence-electron chi connectivity index (χ4n) is 2.26. The van der Waals surface area contributed by atoms with Gasteiger partial charge in [0.2, 0.25) is 10.0 Å². The Morgan fingerprint density at radius 2 is 1.78 bits per heavy atom. The van der Waals surface area contributed by atoms with Gasteiger partial charge in [0.25, 0.3) is 0 Å². The number of benzene rings is 2. The average molecular weight is 354 g/mol. The zero-order valence-corrected chi connectivity index (χ0v) is 15.1. The van der Waals surface area contributed by atoms with Crippen LogP contribution in [-0.2, 0) is 10.0 Å². The third-order valence-corrected chi connectivity index (χ3v) is 5.58. The Kier molecular flexibility index (Phi) is 5.34. The molecule has 1 atom stereocenters. The molecule has 0 saturated heterocycles. The highest BCUT2D eigenvalue weighted by Crippen LogP contribution is 2.28. The van der Waals surface area contributed by atoms with Crippen molar-refractivity contribution in [3.8, 4) is 5.75 Å². The maximum absolute atomic E-state index is 12.6. The highest BCUT2D eigenvalue weighted by atomic mass is 35.5. The molecule has 0 aliphatic rings. The molecule has 4 nitrogen and oxygen atoms in total. The molecule has 124 valence electrons. The van der Waals surface area contributed by atoms with Gasteiger partial charge in [-0.05, 0) is 55.7 Å². The summed E-state index contributed by atoms with van der Waals surface area (Å²) in [5.41, 5.74) is 3.19. The van der Waals surface area contributed by atoms with Crippen LogP contribution in [0, 0.1) is 13.8 Å². The monoisotopic (exact) mass is 353 g/mol. The van der Waals surface area contributed by atoms with Crippen molar-refractivity contribution < 1.29 is 13.2 Å². The molecule has 0 radical (unpaired) electrons. The van der Waals surface area contributed by atoms with E-state index in [1.165, 1.54) is 24.8 Å². The first-order valence-corrected chi connectivity index (χ1v) is 9.03. The molecule has 0 fully saturated rings. The highest BCUT2D eigenvalue weighted by molar-refractivity contribution is 7.89. The van der Waals surface area contributed by atoms with Gasteiger partial charge < -0.3 is 4.74 Å². The van der Waals surface area contributed by atoms with Crippen LogP contribution in [0.5, 0.6) is 5.75 Å². The molecule has 6 heteroatoms. The first kappa shape index (κ1) is 17.8. The molecule has 2 rings (SSSR count). The molecule has 2 aromatic rings. The second kappa shape index (κ2) is 6.91. The van der Waals surface area contributed by atoms with Gasteiger partial charge in [-0.25, -0.2) is 13.1 Å². The van der Waals surface area contributed by atoms with Crippen LogP contribution in [-0.4, -0.2) is 15.5 Å². The Balaban J connectivity index is 2.34. The largest absolute Gasteiger partial charge is 0.495 e. The molecule has 23 heavy (non-hydrogen) atoms. The van der Waals surface area contributed by atoms with Gasteiger partial charge in [0.1, 0.15) is 10.6 Å². The number of halogens is 1. The van der Waals surface area contributed by atoms with Crippen molar-refractivity contribution in [3.63, 3.8) is 0 Å². The molecule has 0 heterocycles. The molecule has 0 spiro atoms. The number of hydrogen-bond acceptors (Lipinski definition) is 3. The smallest absolute Gasteiger partial charge is 0.244 e. The summed E-state index contributed by atoms with van der Waals surface area (Å²) in [7, 11) is -2.33. The molecule has 0 aliphatic heterocycles. The third kappa shape index (κ3) is 4.05. The number of aryl methyl sites for hydroxylation is 2. The number of rotatable bonds is 5. The van der Waals surface area contributed by atoms with Gasteiger partial charge >= 0.3 is 0 Å². The second-order valence-corrected chi connectivity index (χ2v) is 7.60. The lowest BCUT2D eigenvalue weighted by atomic mass is 10.0. The van der Waals surface area contributed by atoms with Crippen molar-refractivity contribution in [1.29, 1.82) is 0 Å². The Hall–Kier alpha value is -1.56. The van der Waals surface area contributed by atoms with Crippen LogP contribution in [0.1, 0.15) is 29.7 Å². The summed E-state index contributed by atoms with van der Waals surface area (Å²) in [6.45, 7) is 5.82. The SMILES string of the molecule is COc1ccc(Cl)cc1S(=O)(=O)NC(C)c1ccc(C)c(C)c1. The first-order valence-electron chi connectivity index (χ1n) is 7.17. The van der Waals surface area contributed by atoms with Crippen molar-refractivity contribution in [3.05, 3.63) is 58.1 Å². The van der Waals surface area contributed by atoms with E-state index in [9.17, 15) is 8.42 Å². The van der Waals surface area contributed by atoms with E-state index < -0.39 is 10.0 Å². The van der Waals surface area contributed by atoms with Crippen LogP contribution in [0.2, 0.25) is 5.02 Å². The highest BCUT2D eigenvalue weighted by Gasteiger charge is 2.23. The van der Waals surface area contributed by atoms with Gasteiger partial charge in [-0.1, -0.05) is 29.8 Å². The van der Waals surface area contributed by atoms with Crippen LogP contribution in [0.4, 0.5) is 0 Å². The number of ether oxygens (including phenoxy) is 1.